The lowest BCUT2D eigenvalue weighted by Crippen LogP contribution is -2.63. The molecule has 2 aromatic carbocycles. The van der Waals surface area contributed by atoms with Crippen LogP contribution in [0.5, 0.6) is 0 Å². The zero-order valence-corrected chi connectivity index (χ0v) is 55.4. The van der Waals surface area contributed by atoms with Gasteiger partial charge in [-0.25, -0.2) is 9.97 Å². The second-order valence-corrected chi connectivity index (χ2v) is 28.5. The highest BCUT2D eigenvalue weighted by Crippen LogP contribution is 2.41. The Labute approximate surface area is 549 Å². The molecule has 0 bridgehead atoms. The second kappa shape index (κ2) is 28.0. The number of primary amides is 1. The van der Waals surface area contributed by atoms with Gasteiger partial charge in [0.15, 0.2) is 0 Å². The van der Waals surface area contributed by atoms with Gasteiger partial charge in [0.1, 0.15) is 12.1 Å². The lowest BCUT2D eigenvalue weighted by molar-refractivity contribution is -0.156. The van der Waals surface area contributed by atoms with Crippen LogP contribution in [-0.4, -0.2) is 177 Å². The highest BCUT2D eigenvalue weighted by atomic mass is 35.5. The highest BCUT2D eigenvalue weighted by molar-refractivity contribution is 6.31. The monoisotopic (exact) mass is 1290 g/mol. The summed E-state index contributed by atoms with van der Waals surface area (Å²) >= 11 is 12.9. The van der Waals surface area contributed by atoms with E-state index in [1.807, 2.05) is 97.5 Å². The minimum Gasteiger partial charge on any atom is -0.481 e. The number of hydrogen-bond donors (Lipinski definition) is 2. The number of rotatable bonds is 14. The summed E-state index contributed by atoms with van der Waals surface area (Å²) in [5.74, 6) is -1.67. The number of piperazine rings is 2. The molecule has 92 heavy (non-hydrogen) atoms. The predicted molar refractivity (Wildman–Crippen MR) is 350 cm³/mol. The molecule has 0 radical (unpaired) electrons. The molecule has 6 aliphatic rings. The topological polar surface area (TPSA) is 230 Å². The largest absolute Gasteiger partial charge is 0.481 e. The Morgan fingerprint density at radius 1 is 0.554 bits per heavy atom. The number of carbonyl (C=O) groups is 6. The summed E-state index contributed by atoms with van der Waals surface area (Å²) in [4.78, 5) is 111. The minimum atomic E-state index is -1.25. The van der Waals surface area contributed by atoms with Crippen molar-refractivity contribution in [3.8, 4) is 0 Å². The van der Waals surface area contributed by atoms with E-state index in [-0.39, 0.29) is 54.5 Å². The number of carboxylic acids is 1. The van der Waals surface area contributed by atoms with Crippen molar-refractivity contribution in [2.75, 3.05) is 65.4 Å². The third-order valence-electron chi connectivity index (χ3n) is 19.8. The number of halogens is 2. The van der Waals surface area contributed by atoms with Crippen LogP contribution in [0, 0.1) is 36.5 Å². The molecule has 4 aliphatic heterocycles. The van der Waals surface area contributed by atoms with Crippen molar-refractivity contribution in [3.63, 3.8) is 0 Å². The molecule has 8 heterocycles. The van der Waals surface area contributed by atoms with E-state index in [1.54, 1.807) is 37.5 Å². The smallest absolute Gasteiger partial charge is 0.309 e. The minimum absolute atomic E-state index is 0.0485. The predicted octanol–water partition coefficient (Wildman–Crippen LogP) is 8.16. The summed E-state index contributed by atoms with van der Waals surface area (Å²) in [7, 11) is 0. The molecule has 488 valence electrons. The van der Waals surface area contributed by atoms with Crippen LogP contribution >= 0.6 is 23.2 Å². The van der Waals surface area contributed by atoms with Crippen molar-refractivity contribution in [2.24, 2.45) is 28.4 Å². The highest BCUT2D eigenvalue weighted by Gasteiger charge is 2.46. The summed E-state index contributed by atoms with van der Waals surface area (Å²) < 4.78 is 4.18. The average Bonchev–Trinajstić information content (AvgIpc) is 1.33. The fourth-order valence-corrected chi connectivity index (χ4v) is 15.1. The summed E-state index contributed by atoms with van der Waals surface area (Å²) in [5.41, 5.74) is 14.2. The third-order valence-corrected chi connectivity index (χ3v) is 20.3. The van der Waals surface area contributed by atoms with E-state index in [4.69, 9.17) is 38.9 Å². The quantitative estimate of drug-likeness (QED) is 0.105. The lowest BCUT2D eigenvalue weighted by atomic mass is 9.87. The Hall–Kier alpha value is -7.52. The number of fused-ring (bicyclic) bond motifs is 4. The van der Waals surface area contributed by atoms with Gasteiger partial charge in [-0.15, -0.1) is 0 Å². The Morgan fingerprint density at radius 3 is 1.38 bits per heavy atom. The number of hydrogen-bond acceptors (Lipinski definition) is 12. The SMILES string of the molecule is Cc1cn(C[C@@H]2CCCN(C(=O)[C@H]3CN([C@H]4c5ccc(Cl)cc5CCc5cccnc54)CCN3C(=O)CC(C)(C)C(=O)O)C2)cn1.Cc1cn(C[C@@H]2CCCN(C(=O)[C@H]3CN([C@H]4c5ccc(Cl)cc5CCc5cccnc54)CCN3C(=O)CC(C)(C)C(N)=O)C2)cn1. The molecule has 0 unspecified atom stereocenters. The fraction of sp³-hybridized carbons (Fsp3) is 0.514. The van der Waals surface area contributed by atoms with Gasteiger partial charge in [-0.1, -0.05) is 61.3 Å². The van der Waals surface area contributed by atoms with Gasteiger partial charge in [0.25, 0.3) is 0 Å². The molecule has 4 fully saturated rings. The summed E-state index contributed by atoms with van der Waals surface area (Å²) in [5, 5.41) is 11.2. The number of piperidine rings is 2. The second-order valence-electron chi connectivity index (χ2n) is 27.6. The van der Waals surface area contributed by atoms with Crippen molar-refractivity contribution >= 4 is 58.7 Å². The van der Waals surface area contributed by atoms with Crippen molar-refractivity contribution in [3.05, 3.63) is 164 Å². The van der Waals surface area contributed by atoms with Gasteiger partial charge in [-0.3, -0.25) is 48.5 Å². The fourth-order valence-electron chi connectivity index (χ4n) is 14.7. The standard InChI is InChI=1S/C35H44ClN7O3.C35H43ClN6O4/c1-23-18-40(22-39-23)19-24-6-5-13-42(20-24)33(45)29-21-41(14-15-43(29)30(44)17-35(2,3)34(37)46)32-28-11-10-27(36)16-26(28)9-8-25-7-4-12-38-31(25)32;1-23-18-39(22-38-23)19-24-6-5-13-41(20-24)33(44)29-21-40(14-15-42(29)30(43)17-35(2,3)34(45)46)32-28-11-10-27(36)16-26(28)9-8-25-7-4-12-37-31(25)32/h4,7,10-12,16,18,22,24,29,32H,5-6,8-9,13-15,17,19-21H2,1-3H3,(H2,37,46);4,7,10-12,16,18,22,24,29,32H,5-6,8-9,13-15,17,19-21H2,1-3H3,(H,45,46)/t2*24-,29+,32-/m00/s1. The first-order valence-corrected chi connectivity index (χ1v) is 33.3. The van der Waals surface area contributed by atoms with Gasteiger partial charge in [0, 0.05) is 126 Å². The van der Waals surface area contributed by atoms with Crippen LogP contribution in [0.3, 0.4) is 0 Å². The summed E-state index contributed by atoms with van der Waals surface area (Å²) in [6.07, 6.45) is 18.3. The number of imidazole rings is 2. The molecular formula is C70H87Cl2N13O7. The molecule has 4 saturated heterocycles. The molecule has 12 rings (SSSR count). The van der Waals surface area contributed by atoms with Crippen molar-refractivity contribution < 1.29 is 33.9 Å². The summed E-state index contributed by atoms with van der Waals surface area (Å²) in [6.45, 7) is 16.9. The molecule has 22 heteroatoms. The molecule has 0 spiro atoms. The van der Waals surface area contributed by atoms with Crippen LogP contribution < -0.4 is 5.73 Å². The molecule has 6 aromatic rings. The third kappa shape index (κ3) is 14.8. The van der Waals surface area contributed by atoms with E-state index in [2.05, 4.69) is 53.2 Å². The van der Waals surface area contributed by atoms with E-state index in [1.165, 1.54) is 11.1 Å². The lowest BCUT2D eigenvalue weighted by Gasteiger charge is -2.46. The zero-order valence-electron chi connectivity index (χ0n) is 53.9. The van der Waals surface area contributed by atoms with Gasteiger partial charge >= 0.3 is 5.97 Å². The molecule has 4 aromatic heterocycles. The van der Waals surface area contributed by atoms with Crippen molar-refractivity contribution in [1.82, 2.24) is 58.5 Å². The Morgan fingerprint density at radius 2 is 0.978 bits per heavy atom. The Balaban J connectivity index is 0.000000188. The number of carboxylic acid groups (broad SMARTS) is 1. The van der Waals surface area contributed by atoms with Crippen molar-refractivity contribution in [2.45, 2.75) is 143 Å². The van der Waals surface area contributed by atoms with Gasteiger partial charge in [-0.05, 0) is 161 Å². The maximum absolute atomic E-state index is 14.6. The van der Waals surface area contributed by atoms with Crippen LogP contribution in [-0.2, 0) is 67.5 Å². The van der Waals surface area contributed by atoms with Crippen LogP contribution in [0.15, 0.2) is 98.1 Å². The van der Waals surface area contributed by atoms with Gasteiger partial charge in [0.2, 0.25) is 29.5 Å². The number of aliphatic carboxylic acids is 1. The molecule has 2 aliphatic carbocycles. The van der Waals surface area contributed by atoms with Gasteiger partial charge in [0.05, 0.1) is 58.3 Å². The van der Waals surface area contributed by atoms with E-state index in [0.717, 1.165) is 109 Å². The van der Waals surface area contributed by atoms with Gasteiger partial charge in [-0.2, -0.15) is 0 Å². The molecular weight excluding hydrogens is 1210 g/mol. The van der Waals surface area contributed by atoms with E-state index in [9.17, 15) is 33.9 Å². The van der Waals surface area contributed by atoms with Crippen molar-refractivity contribution in [1.29, 1.82) is 0 Å². The van der Waals surface area contributed by atoms with Crippen LogP contribution in [0.2, 0.25) is 10.0 Å². The van der Waals surface area contributed by atoms with E-state index >= 15 is 0 Å². The number of aryl methyl sites for hydroxylation is 6. The molecule has 20 nitrogen and oxygen atoms in total. The van der Waals surface area contributed by atoms with Crippen LogP contribution in [0.1, 0.15) is 134 Å². The van der Waals surface area contributed by atoms with E-state index in [0.29, 0.717) is 81.4 Å². The van der Waals surface area contributed by atoms with Gasteiger partial charge < -0.3 is 39.6 Å². The molecule has 5 amide bonds. The van der Waals surface area contributed by atoms with Crippen LogP contribution in [0.25, 0.3) is 0 Å². The maximum Gasteiger partial charge on any atom is 0.309 e. The number of nitrogens with two attached hydrogens (primary N) is 1. The first kappa shape index (κ1) is 66.0. The number of likely N-dealkylation sites (tertiary alicyclic amines) is 2. The summed E-state index contributed by atoms with van der Waals surface area (Å²) in [6, 6.07) is 18.4. The van der Waals surface area contributed by atoms with Crippen LogP contribution in [0.4, 0.5) is 0 Å². The first-order valence-electron chi connectivity index (χ1n) is 32.6. The number of pyridine rings is 2. The first-order chi connectivity index (χ1) is 44.0. The Kier molecular flexibility index (Phi) is 20.1. The molecule has 6 atom stereocenters. The number of amides is 5. The maximum atomic E-state index is 14.6. The average molecular weight is 1290 g/mol. The number of benzene rings is 2. The van der Waals surface area contributed by atoms with E-state index < -0.39 is 34.8 Å². The number of nitrogens with zero attached hydrogens (tertiary/aromatic N) is 12. The Bertz CT molecular complexity index is 3480. The zero-order chi connectivity index (χ0) is 65.2. The normalized spacial score (nSPS) is 22.1. The number of carbonyl (C=O) groups excluding carboxylic acids is 5. The molecule has 0 saturated carbocycles. The number of aromatic nitrogens is 6. The molecule has 3 N–H and O–H groups in total.